The number of aliphatic hydroxyl groups is 1. The molecule has 2 heterocycles. The summed E-state index contributed by atoms with van der Waals surface area (Å²) in [6, 6.07) is 11.8. The summed E-state index contributed by atoms with van der Waals surface area (Å²) in [6.07, 6.45) is 3.49. The Morgan fingerprint density at radius 1 is 1.12 bits per heavy atom. The van der Waals surface area contributed by atoms with E-state index in [1.807, 2.05) is 32.6 Å². The van der Waals surface area contributed by atoms with E-state index in [0.717, 1.165) is 24.2 Å². The third kappa shape index (κ3) is 8.81. The fraction of sp³-hybridized carbons (Fsp3) is 0.455. The second-order valence-electron chi connectivity index (χ2n) is 12.1. The molecule has 4 rings (SSSR count). The highest BCUT2D eigenvalue weighted by Gasteiger charge is 2.34. The summed E-state index contributed by atoms with van der Waals surface area (Å²) in [7, 11) is 0. The maximum absolute atomic E-state index is 13.2. The highest BCUT2D eigenvalue weighted by atomic mass is 35.5. The van der Waals surface area contributed by atoms with Gasteiger partial charge in [-0.2, -0.15) is 0 Å². The van der Waals surface area contributed by atoms with Crippen molar-refractivity contribution in [3.05, 3.63) is 76.1 Å². The number of likely N-dealkylation sites (tertiary alicyclic amines) is 1. The molecule has 42 heavy (non-hydrogen) atoms. The number of hydrogen-bond acceptors (Lipinski definition) is 5. The summed E-state index contributed by atoms with van der Waals surface area (Å²) in [5, 5.41) is 11.6. The van der Waals surface area contributed by atoms with E-state index in [-0.39, 0.29) is 17.8 Å². The van der Waals surface area contributed by atoms with Crippen LogP contribution in [0.15, 0.2) is 48.5 Å². The molecule has 0 bridgehead atoms. The molecule has 2 saturated heterocycles. The topological polar surface area (TPSA) is 73.3 Å². The summed E-state index contributed by atoms with van der Waals surface area (Å²) in [5.41, 5.74) is 0.531. The van der Waals surface area contributed by atoms with E-state index in [1.165, 1.54) is 12.1 Å². The van der Waals surface area contributed by atoms with Gasteiger partial charge in [0.15, 0.2) is 0 Å². The number of carbonyl (C=O) groups excluding carboxylic acids is 2. The Labute approximate surface area is 252 Å². The lowest BCUT2D eigenvalue weighted by Crippen LogP contribution is -2.53. The number of piperazine rings is 1. The zero-order chi connectivity index (χ0) is 30.5. The van der Waals surface area contributed by atoms with Crippen LogP contribution < -0.4 is 0 Å². The minimum absolute atomic E-state index is 0.0154. The third-order valence-corrected chi connectivity index (χ3v) is 7.64. The molecule has 2 aliphatic rings. The fourth-order valence-corrected chi connectivity index (χ4v) is 5.26. The number of halogens is 2. The van der Waals surface area contributed by atoms with Gasteiger partial charge in [0.05, 0.1) is 0 Å². The molecule has 0 unspecified atom stereocenters. The number of ether oxygens (including phenoxy) is 1. The molecule has 1 N–H and O–H groups in total. The largest absolute Gasteiger partial charge is 0.444 e. The molecule has 2 fully saturated rings. The van der Waals surface area contributed by atoms with E-state index in [9.17, 15) is 19.1 Å². The van der Waals surface area contributed by atoms with Crippen LogP contribution >= 0.6 is 11.6 Å². The molecular weight excluding hydrogens is 557 g/mol. The van der Waals surface area contributed by atoms with Gasteiger partial charge in [-0.15, -0.1) is 0 Å². The zero-order valence-electron chi connectivity index (χ0n) is 24.7. The van der Waals surface area contributed by atoms with E-state index in [1.54, 1.807) is 47.4 Å². The van der Waals surface area contributed by atoms with Crippen molar-refractivity contribution >= 4 is 29.7 Å². The molecular formula is C33H39ClFN3O4. The van der Waals surface area contributed by atoms with Gasteiger partial charge in [-0.1, -0.05) is 41.6 Å². The van der Waals surface area contributed by atoms with Crippen LogP contribution in [0.5, 0.6) is 0 Å². The molecule has 0 radical (unpaired) electrons. The van der Waals surface area contributed by atoms with Gasteiger partial charge in [-0.3, -0.25) is 9.69 Å². The Morgan fingerprint density at radius 3 is 2.45 bits per heavy atom. The number of benzene rings is 2. The second kappa shape index (κ2) is 13.3. The standard InChI is InChI=1S/C33H39ClFN3O4/c1-24-22-36(23-25-5-10-29(35)11-6-25)19-20-38(24)30(39)12-8-26-7-9-28(34)21-27(26)13-14-33(41)15-17-37(18-16-33)31(40)42-32(2,3)4/h5-12,21,24,41H,15-20,22-23H2,1-4H3/b12-8+/t24-/m1/s1. The predicted octanol–water partition coefficient (Wildman–Crippen LogP) is 5.34. The molecule has 1 atom stereocenters. The number of hydrogen-bond donors (Lipinski definition) is 1. The van der Waals surface area contributed by atoms with Crippen molar-refractivity contribution in [2.75, 3.05) is 32.7 Å². The van der Waals surface area contributed by atoms with Crippen molar-refractivity contribution in [1.82, 2.24) is 14.7 Å². The Hall–Kier alpha value is -3.38. The van der Waals surface area contributed by atoms with Gasteiger partial charge in [0.25, 0.3) is 0 Å². The Balaban J connectivity index is 1.37. The average molecular weight is 596 g/mol. The van der Waals surface area contributed by atoms with E-state index in [4.69, 9.17) is 16.3 Å². The number of carbonyl (C=O) groups is 2. The highest BCUT2D eigenvalue weighted by Crippen LogP contribution is 2.24. The second-order valence-corrected chi connectivity index (χ2v) is 12.5. The van der Waals surface area contributed by atoms with Gasteiger partial charge in [0.2, 0.25) is 5.91 Å². The van der Waals surface area contributed by atoms with Crippen LogP contribution in [0, 0.1) is 17.7 Å². The average Bonchev–Trinajstić information content (AvgIpc) is 2.92. The first-order valence-corrected chi connectivity index (χ1v) is 14.7. The first kappa shape index (κ1) is 31.6. The molecule has 7 nitrogen and oxygen atoms in total. The number of rotatable bonds is 4. The summed E-state index contributed by atoms with van der Waals surface area (Å²) < 4.78 is 18.7. The smallest absolute Gasteiger partial charge is 0.410 e. The Kier molecular flexibility index (Phi) is 9.98. The van der Waals surface area contributed by atoms with Crippen LogP contribution in [0.2, 0.25) is 5.02 Å². The summed E-state index contributed by atoms with van der Waals surface area (Å²) >= 11 is 6.25. The first-order valence-electron chi connectivity index (χ1n) is 14.3. The predicted molar refractivity (Wildman–Crippen MR) is 162 cm³/mol. The van der Waals surface area contributed by atoms with Crippen molar-refractivity contribution < 1.29 is 23.8 Å². The molecule has 0 aliphatic carbocycles. The monoisotopic (exact) mass is 595 g/mol. The van der Waals surface area contributed by atoms with Crippen molar-refractivity contribution in [2.45, 2.75) is 64.3 Å². The van der Waals surface area contributed by atoms with Crippen LogP contribution in [-0.2, 0) is 16.1 Å². The van der Waals surface area contributed by atoms with E-state index in [2.05, 4.69) is 16.7 Å². The molecule has 0 spiro atoms. The van der Waals surface area contributed by atoms with Crippen LogP contribution in [0.4, 0.5) is 9.18 Å². The minimum Gasteiger partial charge on any atom is -0.444 e. The van der Waals surface area contributed by atoms with Crippen molar-refractivity contribution in [3.8, 4) is 11.8 Å². The first-order chi connectivity index (χ1) is 19.8. The van der Waals surface area contributed by atoms with Gasteiger partial charge in [0.1, 0.15) is 17.0 Å². The van der Waals surface area contributed by atoms with Gasteiger partial charge in [-0.05, 0) is 69.2 Å². The molecule has 2 aromatic rings. The zero-order valence-corrected chi connectivity index (χ0v) is 25.5. The van der Waals surface area contributed by atoms with E-state index < -0.39 is 17.3 Å². The summed E-state index contributed by atoms with van der Waals surface area (Å²) in [6.45, 7) is 10.9. The lowest BCUT2D eigenvalue weighted by molar-refractivity contribution is -0.130. The lowest BCUT2D eigenvalue weighted by atomic mass is 9.91. The molecule has 0 aromatic heterocycles. The van der Waals surface area contributed by atoms with Gasteiger partial charge >= 0.3 is 6.09 Å². The van der Waals surface area contributed by atoms with E-state index >= 15 is 0 Å². The van der Waals surface area contributed by atoms with Crippen molar-refractivity contribution in [2.24, 2.45) is 0 Å². The van der Waals surface area contributed by atoms with Crippen LogP contribution in [0.3, 0.4) is 0 Å². The SMILES string of the molecule is C[C@@H]1CN(Cc2ccc(F)cc2)CCN1C(=O)/C=C/c1ccc(Cl)cc1C#CC1(O)CCN(C(=O)OC(C)(C)C)CC1. The normalized spacial score (nSPS) is 19.4. The van der Waals surface area contributed by atoms with Gasteiger partial charge in [-0.25, -0.2) is 9.18 Å². The summed E-state index contributed by atoms with van der Waals surface area (Å²) in [4.78, 5) is 31.2. The lowest BCUT2D eigenvalue weighted by Gasteiger charge is -2.39. The Morgan fingerprint density at radius 2 is 1.81 bits per heavy atom. The number of piperidine rings is 1. The van der Waals surface area contributed by atoms with Crippen LogP contribution in [-0.4, -0.2) is 81.8 Å². The molecule has 2 aromatic carbocycles. The number of nitrogens with zero attached hydrogens (tertiary/aromatic N) is 3. The number of amides is 2. The van der Waals surface area contributed by atoms with Crippen molar-refractivity contribution in [3.63, 3.8) is 0 Å². The molecule has 0 saturated carbocycles. The van der Waals surface area contributed by atoms with Crippen molar-refractivity contribution in [1.29, 1.82) is 0 Å². The highest BCUT2D eigenvalue weighted by molar-refractivity contribution is 6.30. The van der Waals surface area contributed by atoms with Crippen LogP contribution in [0.25, 0.3) is 6.08 Å². The van der Waals surface area contributed by atoms with Gasteiger partial charge < -0.3 is 19.6 Å². The van der Waals surface area contributed by atoms with Gasteiger partial charge in [0, 0.05) is 74.8 Å². The third-order valence-electron chi connectivity index (χ3n) is 7.41. The quantitative estimate of drug-likeness (QED) is 0.382. The Bertz CT molecular complexity index is 1370. The minimum atomic E-state index is -1.25. The fourth-order valence-electron chi connectivity index (χ4n) is 5.09. The van der Waals surface area contributed by atoms with E-state index in [0.29, 0.717) is 49.6 Å². The molecule has 224 valence electrons. The molecule has 2 amide bonds. The molecule has 2 aliphatic heterocycles. The maximum atomic E-state index is 13.2. The maximum Gasteiger partial charge on any atom is 0.410 e. The molecule has 9 heteroatoms. The van der Waals surface area contributed by atoms with Crippen LogP contribution in [0.1, 0.15) is 57.2 Å². The summed E-state index contributed by atoms with van der Waals surface area (Å²) in [5.74, 6) is 5.71.